The van der Waals surface area contributed by atoms with E-state index < -0.39 is 5.91 Å². The highest BCUT2D eigenvalue weighted by atomic mass is 16.5. The number of anilines is 2. The molecule has 0 saturated heterocycles. The molecule has 4 rings (SSSR count). The third-order valence-electron chi connectivity index (χ3n) is 4.89. The molecule has 0 atom stereocenters. The summed E-state index contributed by atoms with van der Waals surface area (Å²) in [5, 5.41) is 6.57. The van der Waals surface area contributed by atoms with Gasteiger partial charge in [-0.25, -0.2) is 4.98 Å². The Hall–Kier alpha value is -4.39. The van der Waals surface area contributed by atoms with Crippen LogP contribution in [-0.2, 0) is 0 Å². The summed E-state index contributed by atoms with van der Waals surface area (Å²) in [4.78, 5) is 29.8. The standard InChI is InChI=1S/C25H21N3O4/c1-31-22-15-21(28-25(30)19-13-12-16-8-6-7-11-18(16)26-19)23(32-2)14-20(22)27-24(29)17-9-4-3-5-10-17/h3-15H,1-2H3,(H,27,29)(H,28,30). The summed E-state index contributed by atoms with van der Waals surface area (Å²) in [6, 6.07) is 23.1. The highest BCUT2D eigenvalue weighted by Crippen LogP contribution is 2.37. The Morgan fingerprint density at radius 2 is 1.31 bits per heavy atom. The molecule has 0 fully saturated rings. The van der Waals surface area contributed by atoms with Crippen LogP contribution in [0.5, 0.6) is 11.5 Å². The van der Waals surface area contributed by atoms with E-state index in [0.29, 0.717) is 28.4 Å². The van der Waals surface area contributed by atoms with Crippen molar-refractivity contribution >= 4 is 34.1 Å². The van der Waals surface area contributed by atoms with Gasteiger partial charge in [-0.2, -0.15) is 0 Å². The van der Waals surface area contributed by atoms with Crippen LogP contribution >= 0.6 is 0 Å². The molecule has 7 heteroatoms. The van der Waals surface area contributed by atoms with Gasteiger partial charge in [0, 0.05) is 23.1 Å². The summed E-state index contributed by atoms with van der Waals surface area (Å²) >= 11 is 0. The normalized spacial score (nSPS) is 10.4. The molecule has 0 saturated carbocycles. The predicted octanol–water partition coefficient (Wildman–Crippen LogP) is 4.76. The minimum absolute atomic E-state index is 0.270. The summed E-state index contributed by atoms with van der Waals surface area (Å²) in [5.41, 5.74) is 2.31. The molecule has 0 bridgehead atoms. The second-order valence-corrected chi connectivity index (χ2v) is 6.92. The largest absolute Gasteiger partial charge is 0.494 e. The Kier molecular flexibility index (Phi) is 5.98. The first-order chi connectivity index (χ1) is 15.6. The molecule has 0 unspecified atom stereocenters. The molecule has 0 aliphatic rings. The SMILES string of the molecule is COc1cc(NC(=O)c2ccc3ccccc3n2)c(OC)cc1NC(=O)c1ccccc1. The lowest BCUT2D eigenvalue weighted by Crippen LogP contribution is -2.16. The molecular weight excluding hydrogens is 406 g/mol. The van der Waals surface area contributed by atoms with Crippen molar-refractivity contribution in [1.29, 1.82) is 0 Å². The Bertz CT molecular complexity index is 1290. The number of nitrogens with one attached hydrogen (secondary N) is 2. The quantitative estimate of drug-likeness (QED) is 0.463. The zero-order valence-electron chi connectivity index (χ0n) is 17.6. The van der Waals surface area contributed by atoms with Gasteiger partial charge in [0.15, 0.2) is 0 Å². The first-order valence-electron chi connectivity index (χ1n) is 9.88. The highest BCUT2D eigenvalue weighted by Gasteiger charge is 2.17. The molecule has 1 heterocycles. The third kappa shape index (κ3) is 4.37. The molecular formula is C25H21N3O4. The number of pyridine rings is 1. The van der Waals surface area contributed by atoms with Crippen molar-refractivity contribution in [2.24, 2.45) is 0 Å². The van der Waals surface area contributed by atoms with Crippen molar-refractivity contribution in [3.8, 4) is 11.5 Å². The highest BCUT2D eigenvalue weighted by molar-refractivity contribution is 6.07. The van der Waals surface area contributed by atoms with E-state index in [4.69, 9.17) is 9.47 Å². The lowest BCUT2D eigenvalue weighted by Gasteiger charge is -2.16. The summed E-state index contributed by atoms with van der Waals surface area (Å²) in [6.07, 6.45) is 0. The van der Waals surface area contributed by atoms with Crippen LogP contribution in [0.15, 0.2) is 78.9 Å². The van der Waals surface area contributed by atoms with E-state index in [1.54, 1.807) is 42.5 Å². The molecule has 32 heavy (non-hydrogen) atoms. The second kappa shape index (κ2) is 9.18. The molecule has 4 aromatic rings. The number of amides is 2. The van der Waals surface area contributed by atoms with E-state index in [2.05, 4.69) is 15.6 Å². The van der Waals surface area contributed by atoms with Gasteiger partial charge in [0.2, 0.25) is 0 Å². The number of fused-ring (bicyclic) bond motifs is 1. The van der Waals surface area contributed by atoms with Gasteiger partial charge in [-0.3, -0.25) is 9.59 Å². The van der Waals surface area contributed by atoms with Crippen LogP contribution < -0.4 is 20.1 Å². The number of carbonyl (C=O) groups excluding carboxylic acids is 2. The molecule has 160 valence electrons. The minimum atomic E-state index is -0.392. The van der Waals surface area contributed by atoms with Crippen LogP contribution in [0.2, 0.25) is 0 Å². The molecule has 0 aliphatic carbocycles. The lowest BCUT2D eigenvalue weighted by atomic mass is 10.1. The van der Waals surface area contributed by atoms with Crippen LogP contribution in [0, 0.1) is 0 Å². The van der Waals surface area contributed by atoms with E-state index in [9.17, 15) is 9.59 Å². The Labute approximate surface area is 185 Å². The number of ether oxygens (including phenoxy) is 2. The summed E-state index contributed by atoms with van der Waals surface area (Å²) in [6.45, 7) is 0. The van der Waals surface area contributed by atoms with Gasteiger partial charge in [0.1, 0.15) is 17.2 Å². The number of nitrogens with zero attached hydrogens (tertiary/aromatic N) is 1. The van der Waals surface area contributed by atoms with Gasteiger partial charge in [0.25, 0.3) is 11.8 Å². The predicted molar refractivity (Wildman–Crippen MR) is 124 cm³/mol. The van der Waals surface area contributed by atoms with Crippen LogP contribution in [0.4, 0.5) is 11.4 Å². The van der Waals surface area contributed by atoms with Crippen molar-refractivity contribution < 1.29 is 19.1 Å². The van der Waals surface area contributed by atoms with Crippen molar-refractivity contribution in [2.75, 3.05) is 24.9 Å². The average molecular weight is 427 g/mol. The van der Waals surface area contributed by atoms with Gasteiger partial charge in [-0.1, -0.05) is 42.5 Å². The molecule has 0 aliphatic heterocycles. The molecule has 1 aromatic heterocycles. The summed E-state index contributed by atoms with van der Waals surface area (Å²) in [7, 11) is 2.96. The lowest BCUT2D eigenvalue weighted by molar-refractivity contribution is 0.101. The Balaban J connectivity index is 1.60. The molecule has 2 amide bonds. The molecule has 2 N–H and O–H groups in total. The number of hydrogen-bond donors (Lipinski definition) is 2. The second-order valence-electron chi connectivity index (χ2n) is 6.92. The van der Waals surface area contributed by atoms with Gasteiger partial charge >= 0.3 is 0 Å². The summed E-state index contributed by atoms with van der Waals surface area (Å²) < 4.78 is 10.9. The zero-order valence-corrected chi connectivity index (χ0v) is 17.6. The van der Waals surface area contributed by atoms with Crippen molar-refractivity contribution in [3.05, 3.63) is 90.1 Å². The first-order valence-corrected chi connectivity index (χ1v) is 9.88. The summed E-state index contributed by atoms with van der Waals surface area (Å²) in [5.74, 6) is 0.0560. The number of rotatable bonds is 6. The zero-order chi connectivity index (χ0) is 22.5. The number of aromatic nitrogens is 1. The number of para-hydroxylation sites is 1. The van der Waals surface area contributed by atoms with E-state index in [1.807, 2.05) is 36.4 Å². The van der Waals surface area contributed by atoms with E-state index in [0.717, 1.165) is 10.9 Å². The molecule has 0 spiro atoms. The van der Waals surface area contributed by atoms with Gasteiger partial charge < -0.3 is 20.1 Å². The van der Waals surface area contributed by atoms with Crippen molar-refractivity contribution in [1.82, 2.24) is 4.98 Å². The minimum Gasteiger partial charge on any atom is -0.494 e. The fourth-order valence-corrected chi connectivity index (χ4v) is 3.26. The molecule has 0 radical (unpaired) electrons. The van der Waals surface area contributed by atoms with Crippen LogP contribution in [0.1, 0.15) is 20.8 Å². The fourth-order valence-electron chi connectivity index (χ4n) is 3.26. The number of methoxy groups -OCH3 is 2. The maximum Gasteiger partial charge on any atom is 0.274 e. The fraction of sp³-hybridized carbons (Fsp3) is 0.0800. The topological polar surface area (TPSA) is 89.6 Å². The van der Waals surface area contributed by atoms with Gasteiger partial charge in [-0.05, 0) is 24.3 Å². The van der Waals surface area contributed by atoms with Gasteiger partial charge in [-0.15, -0.1) is 0 Å². The van der Waals surface area contributed by atoms with E-state index in [1.165, 1.54) is 14.2 Å². The Morgan fingerprint density at radius 3 is 1.97 bits per heavy atom. The van der Waals surface area contributed by atoms with Crippen molar-refractivity contribution in [2.45, 2.75) is 0 Å². The molecule has 7 nitrogen and oxygen atoms in total. The monoisotopic (exact) mass is 427 g/mol. The Morgan fingerprint density at radius 1 is 0.719 bits per heavy atom. The van der Waals surface area contributed by atoms with Crippen LogP contribution in [0.25, 0.3) is 10.9 Å². The number of carbonyl (C=O) groups is 2. The van der Waals surface area contributed by atoms with E-state index >= 15 is 0 Å². The smallest absolute Gasteiger partial charge is 0.274 e. The maximum atomic E-state index is 12.8. The van der Waals surface area contributed by atoms with Gasteiger partial charge in [0.05, 0.1) is 31.1 Å². The number of benzene rings is 3. The number of hydrogen-bond acceptors (Lipinski definition) is 5. The molecule has 3 aromatic carbocycles. The third-order valence-corrected chi connectivity index (χ3v) is 4.89. The van der Waals surface area contributed by atoms with E-state index in [-0.39, 0.29) is 11.6 Å². The maximum absolute atomic E-state index is 12.8. The van der Waals surface area contributed by atoms with Crippen molar-refractivity contribution in [3.63, 3.8) is 0 Å². The first kappa shape index (κ1) is 20.9. The average Bonchev–Trinajstić information content (AvgIpc) is 2.84. The van der Waals surface area contributed by atoms with Crippen LogP contribution in [-0.4, -0.2) is 31.0 Å². The van der Waals surface area contributed by atoms with Crippen LogP contribution in [0.3, 0.4) is 0 Å².